The van der Waals surface area contributed by atoms with Gasteiger partial charge in [0.1, 0.15) is 18.1 Å². The molecule has 1 aromatic rings. The molecule has 0 aliphatic heterocycles. The molecule has 0 saturated carbocycles. The molecule has 4 nitrogen and oxygen atoms in total. The molecule has 0 saturated heterocycles. The molecule has 1 N–H and O–H groups in total. The predicted molar refractivity (Wildman–Crippen MR) is 68.0 cm³/mol. The number of alkyl halides is 3. The molecule has 0 aromatic heterocycles. The summed E-state index contributed by atoms with van der Waals surface area (Å²) in [7, 11) is 1.62. The van der Waals surface area contributed by atoms with Crippen molar-refractivity contribution in [2.24, 2.45) is 0 Å². The summed E-state index contributed by atoms with van der Waals surface area (Å²) >= 11 is 0. The number of hydrogen-bond acceptors (Lipinski definition) is 4. The number of halogens is 3. The molecule has 20 heavy (non-hydrogen) atoms. The van der Waals surface area contributed by atoms with Gasteiger partial charge in [0.25, 0.3) is 0 Å². The summed E-state index contributed by atoms with van der Waals surface area (Å²) < 4.78 is 50.0. The first-order valence-corrected chi connectivity index (χ1v) is 6.11. The molecule has 1 unspecified atom stereocenters. The summed E-state index contributed by atoms with van der Waals surface area (Å²) in [5.41, 5.74) is 0. The number of rotatable bonds is 8. The Bertz CT molecular complexity index is 381. The number of hydrogen-bond donors (Lipinski definition) is 1. The molecular weight excluding hydrogens is 275 g/mol. The molecule has 0 spiro atoms. The highest BCUT2D eigenvalue weighted by Crippen LogP contribution is 2.24. The second-order valence-corrected chi connectivity index (χ2v) is 4.18. The Labute approximate surface area is 115 Å². The van der Waals surface area contributed by atoms with E-state index in [1.807, 2.05) is 6.92 Å². The Hall–Kier alpha value is -1.47. The Balaban J connectivity index is 2.28. The van der Waals surface area contributed by atoms with E-state index in [-0.39, 0.29) is 11.8 Å². The second-order valence-electron chi connectivity index (χ2n) is 4.18. The third-order valence-electron chi connectivity index (χ3n) is 2.34. The molecule has 1 aromatic carbocycles. The van der Waals surface area contributed by atoms with Gasteiger partial charge in [-0.25, -0.2) is 0 Å². The van der Waals surface area contributed by atoms with Crippen molar-refractivity contribution >= 4 is 0 Å². The third-order valence-corrected chi connectivity index (χ3v) is 2.34. The van der Waals surface area contributed by atoms with Crippen LogP contribution in [0.4, 0.5) is 13.2 Å². The molecule has 114 valence electrons. The molecule has 0 heterocycles. The molecule has 0 bridgehead atoms. The lowest BCUT2D eigenvalue weighted by Gasteiger charge is -2.13. The molecule has 0 aliphatic rings. The SMILES string of the molecule is COCC(C)NCCOc1ccc(OC(F)(F)F)cc1. The van der Waals surface area contributed by atoms with Gasteiger partial charge in [-0.05, 0) is 31.2 Å². The first kappa shape index (κ1) is 16.6. The van der Waals surface area contributed by atoms with E-state index in [4.69, 9.17) is 9.47 Å². The monoisotopic (exact) mass is 293 g/mol. The van der Waals surface area contributed by atoms with Crippen LogP contribution in [-0.4, -0.2) is 39.3 Å². The van der Waals surface area contributed by atoms with E-state index >= 15 is 0 Å². The summed E-state index contributed by atoms with van der Waals surface area (Å²) in [5, 5.41) is 3.17. The first-order chi connectivity index (χ1) is 9.40. The van der Waals surface area contributed by atoms with Crippen molar-refractivity contribution in [2.75, 3.05) is 26.9 Å². The van der Waals surface area contributed by atoms with Crippen LogP contribution >= 0.6 is 0 Å². The van der Waals surface area contributed by atoms with Crippen molar-refractivity contribution in [3.05, 3.63) is 24.3 Å². The normalized spacial score (nSPS) is 13.1. The van der Waals surface area contributed by atoms with E-state index in [1.165, 1.54) is 24.3 Å². The van der Waals surface area contributed by atoms with Gasteiger partial charge in [-0.15, -0.1) is 13.2 Å². The van der Waals surface area contributed by atoms with Gasteiger partial charge in [0, 0.05) is 19.7 Å². The Morgan fingerprint density at radius 2 is 1.75 bits per heavy atom. The van der Waals surface area contributed by atoms with Crippen molar-refractivity contribution in [3.8, 4) is 11.5 Å². The summed E-state index contributed by atoms with van der Waals surface area (Å²) in [5.74, 6) is 0.220. The van der Waals surface area contributed by atoms with Crippen LogP contribution in [0.15, 0.2) is 24.3 Å². The third kappa shape index (κ3) is 7.20. The maximum atomic E-state index is 12.0. The molecule has 0 radical (unpaired) electrons. The molecule has 7 heteroatoms. The molecule has 0 aliphatic carbocycles. The van der Waals surface area contributed by atoms with Gasteiger partial charge in [-0.2, -0.15) is 0 Å². The fourth-order valence-electron chi connectivity index (χ4n) is 1.52. The smallest absolute Gasteiger partial charge is 0.492 e. The number of nitrogens with one attached hydrogen (secondary N) is 1. The molecule has 0 amide bonds. The van der Waals surface area contributed by atoms with Crippen molar-refractivity contribution in [3.63, 3.8) is 0 Å². The van der Waals surface area contributed by atoms with Crippen LogP contribution in [0.1, 0.15) is 6.92 Å². The lowest BCUT2D eigenvalue weighted by Crippen LogP contribution is -2.33. The van der Waals surface area contributed by atoms with Crippen LogP contribution < -0.4 is 14.8 Å². The van der Waals surface area contributed by atoms with Crippen molar-refractivity contribution in [1.82, 2.24) is 5.32 Å². The topological polar surface area (TPSA) is 39.7 Å². The van der Waals surface area contributed by atoms with Crippen LogP contribution in [0, 0.1) is 0 Å². The first-order valence-electron chi connectivity index (χ1n) is 6.11. The van der Waals surface area contributed by atoms with Crippen LogP contribution in [0.5, 0.6) is 11.5 Å². The molecule has 0 fully saturated rings. The zero-order valence-electron chi connectivity index (χ0n) is 11.4. The quantitative estimate of drug-likeness (QED) is 0.748. The molecule has 1 rings (SSSR count). The standard InChI is InChI=1S/C13H18F3NO3/c1-10(9-18-2)17-7-8-19-11-3-5-12(6-4-11)20-13(14,15)16/h3-6,10,17H,7-9H2,1-2H3. The predicted octanol–water partition coefficient (Wildman–Crippen LogP) is 2.59. The zero-order valence-corrected chi connectivity index (χ0v) is 11.4. The number of benzene rings is 1. The zero-order chi connectivity index (χ0) is 15.0. The van der Waals surface area contributed by atoms with Gasteiger partial charge in [-0.1, -0.05) is 0 Å². The highest BCUT2D eigenvalue weighted by Gasteiger charge is 2.30. The van der Waals surface area contributed by atoms with Crippen molar-refractivity contribution < 1.29 is 27.4 Å². The highest BCUT2D eigenvalue weighted by molar-refractivity contribution is 5.31. The largest absolute Gasteiger partial charge is 0.573 e. The maximum Gasteiger partial charge on any atom is 0.573 e. The number of methoxy groups -OCH3 is 1. The second kappa shape index (κ2) is 7.96. The van der Waals surface area contributed by atoms with Crippen LogP contribution in [0.2, 0.25) is 0 Å². The summed E-state index contributed by atoms with van der Waals surface area (Å²) in [6.07, 6.45) is -4.68. The minimum absolute atomic E-state index is 0.214. The highest BCUT2D eigenvalue weighted by atomic mass is 19.4. The van der Waals surface area contributed by atoms with Gasteiger partial charge in [-0.3, -0.25) is 0 Å². The van der Waals surface area contributed by atoms with Crippen LogP contribution in [0.3, 0.4) is 0 Å². The van der Waals surface area contributed by atoms with Crippen molar-refractivity contribution in [2.45, 2.75) is 19.3 Å². The van der Waals surface area contributed by atoms with E-state index in [2.05, 4.69) is 10.1 Å². The fourth-order valence-corrected chi connectivity index (χ4v) is 1.52. The van der Waals surface area contributed by atoms with E-state index in [0.29, 0.717) is 25.5 Å². The van der Waals surface area contributed by atoms with Crippen LogP contribution in [0.25, 0.3) is 0 Å². The Kier molecular flexibility index (Phi) is 6.60. The summed E-state index contributed by atoms with van der Waals surface area (Å²) in [6.45, 7) is 3.61. The summed E-state index contributed by atoms with van der Waals surface area (Å²) in [4.78, 5) is 0. The number of ether oxygens (including phenoxy) is 3. The summed E-state index contributed by atoms with van der Waals surface area (Å²) in [6, 6.07) is 5.50. The lowest BCUT2D eigenvalue weighted by atomic mass is 10.3. The average molecular weight is 293 g/mol. The van der Waals surface area contributed by atoms with Gasteiger partial charge >= 0.3 is 6.36 Å². The Morgan fingerprint density at radius 1 is 1.15 bits per heavy atom. The lowest BCUT2D eigenvalue weighted by molar-refractivity contribution is -0.274. The molecular formula is C13H18F3NO3. The van der Waals surface area contributed by atoms with Gasteiger partial charge < -0.3 is 19.5 Å². The van der Waals surface area contributed by atoms with E-state index in [0.717, 1.165) is 0 Å². The van der Waals surface area contributed by atoms with Gasteiger partial charge in [0.2, 0.25) is 0 Å². The minimum Gasteiger partial charge on any atom is -0.492 e. The minimum atomic E-state index is -4.68. The average Bonchev–Trinajstić information content (AvgIpc) is 2.35. The van der Waals surface area contributed by atoms with E-state index < -0.39 is 6.36 Å². The van der Waals surface area contributed by atoms with E-state index in [1.54, 1.807) is 7.11 Å². The van der Waals surface area contributed by atoms with Gasteiger partial charge in [0.05, 0.1) is 6.61 Å². The molecule has 1 atom stereocenters. The van der Waals surface area contributed by atoms with Crippen molar-refractivity contribution in [1.29, 1.82) is 0 Å². The fraction of sp³-hybridized carbons (Fsp3) is 0.538. The van der Waals surface area contributed by atoms with E-state index in [9.17, 15) is 13.2 Å². The van der Waals surface area contributed by atoms with Crippen LogP contribution in [-0.2, 0) is 4.74 Å². The van der Waals surface area contributed by atoms with Gasteiger partial charge in [0.15, 0.2) is 0 Å². The Morgan fingerprint density at radius 3 is 2.30 bits per heavy atom. The maximum absolute atomic E-state index is 12.0.